The van der Waals surface area contributed by atoms with E-state index in [1.807, 2.05) is 31.2 Å². The van der Waals surface area contributed by atoms with Gasteiger partial charge in [0.25, 0.3) is 11.8 Å². The fourth-order valence-electron chi connectivity index (χ4n) is 2.87. The fraction of sp³-hybridized carbons (Fsp3) is 0.0800. The second-order valence-corrected chi connectivity index (χ2v) is 7.97. The molecule has 0 radical (unpaired) electrons. The summed E-state index contributed by atoms with van der Waals surface area (Å²) in [4.78, 5) is 24.8. The Labute approximate surface area is 199 Å². The van der Waals surface area contributed by atoms with Gasteiger partial charge in [-0.15, -0.1) is 0 Å². The van der Waals surface area contributed by atoms with Crippen LogP contribution in [0.2, 0.25) is 0 Å². The van der Waals surface area contributed by atoms with Crippen molar-refractivity contribution in [3.8, 4) is 17.6 Å². The minimum absolute atomic E-state index is 0.0615. The van der Waals surface area contributed by atoms with Crippen molar-refractivity contribution in [3.63, 3.8) is 0 Å². The van der Waals surface area contributed by atoms with E-state index in [0.29, 0.717) is 27.2 Å². The number of carbonyl (C=O) groups excluding carboxylic acids is 2. The molecule has 0 spiro atoms. The summed E-state index contributed by atoms with van der Waals surface area (Å²) in [6.45, 7) is 1.68. The Bertz CT molecular complexity index is 1250. The number of phenolic OH excluding ortho intramolecular Hbond substituents is 1. The second kappa shape index (κ2) is 11.0. The van der Waals surface area contributed by atoms with Crippen molar-refractivity contribution in [1.82, 2.24) is 0 Å². The van der Waals surface area contributed by atoms with Gasteiger partial charge in [-0.3, -0.25) is 9.59 Å². The number of carbonyl (C=O) groups is 2. The minimum Gasteiger partial charge on any atom is -0.508 e. The summed E-state index contributed by atoms with van der Waals surface area (Å²) in [5, 5.41) is 24.2. The zero-order valence-corrected chi connectivity index (χ0v) is 19.2. The number of ether oxygens (including phenoxy) is 1. The maximum Gasteiger partial charge on any atom is 0.266 e. The number of nitrogens with zero attached hydrogens (tertiary/aromatic N) is 1. The highest BCUT2D eigenvalue weighted by atomic mass is 79.9. The topological polar surface area (TPSA) is 111 Å². The van der Waals surface area contributed by atoms with Crippen molar-refractivity contribution in [2.24, 2.45) is 0 Å². The number of phenols is 1. The van der Waals surface area contributed by atoms with Crippen LogP contribution < -0.4 is 15.4 Å². The molecule has 2 amide bonds. The zero-order chi connectivity index (χ0) is 23.8. The molecule has 0 bridgehead atoms. The van der Waals surface area contributed by atoms with Gasteiger partial charge in [-0.2, -0.15) is 5.26 Å². The summed E-state index contributed by atoms with van der Waals surface area (Å²) in [7, 11) is 0. The number of hydrogen-bond donors (Lipinski definition) is 3. The van der Waals surface area contributed by atoms with Crippen LogP contribution in [0.3, 0.4) is 0 Å². The third kappa shape index (κ3) is 6.95. The van der Waals surface area contributed by atoms with E-state index in [4.69, 9.17) is 4.74 Å². The predicted molar refractivity (Wildman–Crippen MR) is 130 cm³/mol. The second-order valence-electron chi connectivity index (χ2n) is 7.06. The van der Waals surface area contributed by atoms with Crippen LogP contribution in [0.4, 0.5) is 11.4 Å². The number of hydrogen-bond acceptors (Lipinski definition) is 5. The lowest BCUT2D eigenvalue weighted by Gasteiger charge is -2.11. The summed E-state index contributed by atoms with van der Waals surface area (Å²) in [6.07, 6.45) is 1.38. The normalized spacial score (nSPS) is 10.8. The molecular weight excluding hydrogens is 486 g/mol. The van der Waals surface area contributed by atoms with Gasteiger partial charge < -0.3 is 20.5 Å². The van der Waals surface area contributed by atoms with Crippen LogP contribution in [0, 0.1) is 18.3 Å². The first-order valence-electron chi connectivity index (χ1n) is 9.85. The molecule has 0 fully saturated rings. The van der Waals surface area contributed by atoms with Gasteiger partial charge in [0.15, 0.2) is 6.61 Å². The van der Waals surface area contributed by atoms with E-state index in [0.717, 1.165) is 5.56 Å². The highest BCUT2D eigenvalue weighted by Gasteiger charge is 2.13. The molecule has 0 aliphatic heterocycles. The van der Waals surface area contributed by atoms with Gasteiger partial charge in [0.2, 0.25) is 0 Å². The molecule has 0 aliphatic rings. The van der Waals surface area contributed by atoms with Crippen LogP contribution in [0.15, 0.2) is 76.8 Å². The lowest BCUT2D eigenvalue weighted by atomic mass is 10.1. The third-order valence-electron chi connectivity index (χ3n) is 4.42. The van der Waals surface area contributed by atoms with Crippen LogP contribution in [0.5, 0.6) is 11.5 Å². The number of anilines is 2. The van der Waals surface area contributed by atoms with Gasteiger partial charge in [-0.25, -0.2) is 0 Å². The number of aryl methyl sites for hydroxylation is 1. The first kappa shape index (κ1) is 23.6. The molecule has 0 aromatic heterocycles. The average molecular weight is 506 g/mol. The molecule has 3 rings (SSSR count). The smallest absolute Gasteiger partial charge is 0.266 e. The van der Waals surface area contributed by atoms with Crippen molar-refractivity contribution >= 4 is 45.2 Å². The first-order chi connectivity index (χ1) is 15.8. The highest BCUT2D eigenvalue weighted by molar-refractivity contribution is 9.10. The zero-order valence-electron chi connectivity index (χ0n) is 17.6. The van der Waals surface area contributed by atoms with E-state index < -0.39 is 5.91 Å². The highest BCUT2D eigenvalue weighted by Crippen LogP contribution is 2.26. The summed E-state index contributed by atoms with van der Waals surface area (Å²) >= 11 is 3.37. The van der Waals surface area contributed by atoms with Crippen LogP contribution in [-0.2, 0) is 9.59 Å². The molecule has 7 nitrogen and oxygen atoms in total. The number of nitrogens with one attached hydrogen (secondary N) is 2. The molecule has 0 atom stereocenters. The molecule has 8 heteroatoms. The Morgan fingerprint density at radius 3 is 2.52 bits per heavy atom. The first-order valence-corrected chi connectivity index (χ1v) is 10.6. The molecular formula is C25H20BrN3O4. The lowest BCUT2D eigenvalue weighted by molar-refractivity contribution is -0.118. The third-order valence-corrected chi connectivity index (χ3v) is 4.92. The Balaban J connectivity index is 1.74. The molecule has 3 aromatic carbocycles. The van der Waals surface area contributed by atoms with Crippen LogP contribution in [0.25, 0.3) is 6.08 Å². The van der Waals surface area contributed by atoms with E-state index in [2.05, 4.69) is 26.6 Å². The van der Waals surface area contributed by atoms with Crippen molar-refractivity contribution in [3.05, 3.63) is 87.9 Å². The van der Waals surface area contributed by atoms with E-state index in [-0.39, 0.29) is 23.8 Å². The van der Waals surface area contributed by atoms with Gasteiger partial charge in [0.1, 0.15) is 23.1 Å². The van der Waals surface area contributed by atoms with Crippen LogP contribution in [0.1, 0.15) is 11.1 Å². The van der Waals surface area contributed by atoms with Gasteiger partial charge in [0.05, 0.1) is 0 Å². The monoisotopic (exact) mass is 505 g/mol. The van der Waals surface area contributed by atoms with Crippen molar-refractivity contribution in [1.29, 1.82) is 5.26 Å². The number of rotatable bonds is 7. The molecule has 0 saturated carbocycles. The fourth-order valence-corrected chi connectivity index (χ4v) is 3.25. The Morgan fingerprint density at radius 2 is 1.82 bits per heavy atom. The maximum atomic E-state index is 12.5. The number of benzene rings is 3. The Kier molecular flexibility index (Phi) is 7.84. The van der Waals surface area contributed by atoms with Crippen LogP contribution >= 0.6 is 15.9 Å². The van der Waals surface area contributed by atoms with E-state index in [1.165, 1.54) is 30.3 Å². The van der Waals surface area contributed by atoms with Crippen molar-refractivity contribution < 1.29 is 19.4 Å². The molecule has 33 heavy (non-hydrogen) atoms. The number of nitriles is 1. The van der Waals surface area contributed by atoms with Crippen molar-refractivity contribution in [2.45, 2.75) is 6.92 Å². The van der Waals surface area contributed by atoms with Crippen LogP contribution in [-0.4, -0.2) is 23.5 Å². The largest absolute Gasteiger partial charge is 0.508 e. The molecule has 3 N–H and O–H groups in total. The van der Waals surface area contributed by atoms with Crippen molar-refractivity contribution in [2.75, 3.05) is 17.2 Å². The summed E-state index contributed by atoms with van der Waals surface area (Å²) in [5.74, 6) is -0.565. The Morgan fingerprint density at radius 1 is 1.06 bits per heavy atom. The lowest BCUT2D eigenvalue weighted by Crippen LogP contribution is -2.20. The SMILES string of the molecule is Cc1cccc(NC(=O)COc2ccc(Br)cc2C=C(C#N)C(=O)Nc2ccc(O)cc2)c1. The molecule has 0 heterocycles. The predicted octanol–water partition coefficient (Wildman–Crippen LogP) is 5.03. The molecule has 0 aliphatic carbocycles. The number of halogens is 1. The Hall–Kier alpha value is -4.09. The van der Waals surface area contributed by atoms with Gasteiger partial charge >= 0.3 is 0 Å². The van der Waals surface area contributed by atoms with Gasteiger partial charge in [-0.05, 0) is 73.2 Å². The standard InChI is InChI=1S/C25H20BrN3O4/c1-16-3-2-4-21(11-16)28-24(31)15-33-23-10-5-19(26)13-17(23)12-18(14-27)25(32)29-20-6-8-22(30)9-7-20/h2-13,30H,15H2,1H3,(H,28,31)(H,29,32). The molecule has 0 unspecified atom stereocenters. The van der Waals surface area contributed by atoms with E-state index >= 15 is 0 Å². The maximum absolute atomic E-state index is 12.5. The number of amides is 2. The quantitative estimate of drug-likeness (QED) is 0.237. The number of aromatic hydroxyl groups is 1. The molecule has 3 aromatic rings. The summed E-state index contributed by atoms with van der Waals surface area (Å²) in [6, 6.07) is 20.2. The van der Waals surface area contributed by atoms with Gasteiger partial charge in [0, 0.05) is 21.4 Å². The van der Waals surface area contributed by atoms with Gasteiger partial charge in [-0.1, -0.05) is 28.1 Å². The molecule has 166 valence electrons. The van der Waals surface area contributed by atoms with E-state index in [1.54, 1.807) is 24.3 Å². The summed E-state index contributed by atoms with van der Waals surface area (Å²) < 4.78 is 6.38. The molecule has 0 saturated heterocycles. The average Bonchev–Trinajstić information content (AvgIpc) is 2.78. The minimum atomic E-state index is -0.619. The summed E-state index contributed by atoms with van der Waals surface area (Å²) in [5.41, 5.74) is 2.40. The van der Waals surface area contributed by atoms with E-state index in [9.17, 15) is 20.0 Å².